The molecule has 0 amide bonds. The van der Waals surface area contributed by atoms with E-state index < -0.39 is 0 Å². The fourth-order valence-electron chi connectivity index (χ4n) is 3.15. The number of hydrogen-bond acceptors (Lipinski definition) is 3. The van der Waals surface area contributed by atoms with Crippen LogP contribution in [0.25, 0.3) is 0 Å². The molecule has 21 heavy (non-hydrogen) atoms. The van der Waals surface area contributed by atoms with Crippen molar-refractivity contribution in [3.63, 3.8) is 0 Å². The van der Waals surface area contributed by atoms with Gasteiger partial charge in [0.25, 0.3) is 0 Å². The Morgan fingerprint density at radius 3 is 2.24 bits per heavy atom. The minimum Gasteiger partial charge on any atom is -0.466 e. The minimum atomic E-state index is -0.0632. The van der Waals surface area contributed by atoms with Crippen molar-refractivity contribution in [2.24, 2.45) is 5.92 Å². The number of carbonyl (C=O) groups excluding carboxylic acids is 2. The third kappa shape index (κ3) is 4.42. The SMILES string of the molecule is CCOC(=O)CC1CCC(c2ccc(C(C)=O)cc2)CC1. The summed E-state index contributed by atoms with van der Waals surface area (Å²) in [6.07, 6.45) is 4.95. The molecular formula is C18H24O3. The summed E-state index contributed by atoms with van der Waals surface area (Å²) in [5.74, 6) is 1.08. The van der Waals surface area contributed by atoms with Crippen LogP contribution < -0.4 is 0 Å². The molecule has 0 unspecified atom stereocenters. The molecule has 0 atom stereocenters. The normalized spacial score (nSPS) is 21.8. The predicted octanol–water partition coefficient (Wildman–Crippen LogP) is 4.12. The van der Waals surface area contributed by atoms with E-state index in [0.29, 0.717) is 24.9 Å². The maximum Gasteiger partial charge on any atom is 0.306 e. The number of rotatable bonds is 5. The zero-order valence-corrected chi connectivity index (χ0v) is 12.9. The molecule has 3 heteroatoms. The second-order valence-corrected chi connectivity index (χ2v) is 5.90. The van der Waals surface area contributed by atoms with E-state index in [-0.39, 0.29) is 11.8 Å². The minimum absolute atomic E-state index is 0.0632. The fraction of sp³-hybridized carbons (Fsp3) is 0.556. The van der Waals surface area contributed by atoms with Gasteiger partial charge in [0.1, 0.15) is 0 Å². The first-order chi connectivity index (χ1) is 10.1. The molecule has 0 aromatic heterocycles. The zero-order chi connectivity index (χ0) is 15.2. The number of Topliss-reactive ketones (excluding diaryl/α,β-unsaturated/α-hetero) is 1. The van der Waals surface area contributed by atoms with Crippen molar-refractivity contribution in [1.29, 1.82) is 0 Å². The molecule has 0 aliphatic heterocycles. The van der Waals surface area contributed by atoms with Gasteiger partial charge in [0.2, 0.25) is 0 Å². The number of ketones is 1. The smallest absolute Gasteiger partial charge is 0.306 e. The van der Waals surface area contributed by atoms with Crippen molar-refractivity contribution in [3.05, 3.63) is 35.4 Å². The zero-order valence-electron chi connectivity index (χ0n) is 12.9. The lowest BCUT2D eigenvalue weighted by Crippen LogP contribution is -2.18. The monoisotopic (exact) mass is 288 g/mol. The Kier molecular flexibility index (Phi) is 5.54. The number of carbonyl (C=O) groups is 2. The second-order valence-electron chi connectivity index (χ2n) is 5.90. The van der Waals surface area contributed by atoms with Crippen molar-refractivity contribution in [1.82, 2.24) is 0 Å². The topological polar surface area (TPSA) is 43.4 Å². The van der Waals surface area contributed by atoms with E-state index in [4.69, 9.17) is 4.74 Å². The highest BCUT2D eigenvalue weighted by molar-refractivity contribution is 5.94. The number of esters is 1. The molecule has 1 aromatic carbocycles. The third-order valence-corrected chi connectivity index (χ3v) is 4.40. The highest BCUT2D eigenvalue weighted by Gasteiger charge is 2.24. The molecule has 2 rings (SSSR count). The van der Waals surface area contributed by atoms with E-state index in [1.54, 1.807) is 6.92 Å². The van der Waals surface area contributed by atoms with Crippen molar-refractivity contribution in [2.45, 2.75) is 51.9 Å². The molecule has 0 spiro atoms. The van der Waals surface area contributed by atoms with E-state index >= 15 is 0 Å². The molecule has 1 saturated carbocycles. The quantitative estimate of drug-likeness (QED) is 0.604. The summed E-state index contributed by atoms with van der Waals surface area (Å²) in [6, 6.07) is 7.99. The van der Waals surface area contributed by atoms with Gasteiger partial charge in [-0.2, -0.15) is 0 Å². The largest absolute Gasteiger partial charge is 0.466 e. The highest BCUT2D eigenvalue weighted by Crippen LogP contribution is 2.37. The van der Waals surface area contributed by atoms with Crippen LogP contribution in [-0.4, -0.2) is 18.4 Å². The van der Waals surface area contributed by atoms with Crippen LogP contribution in [0.3, 0.4) is 0 Å². The fourth-order valence-corrected chi connectivity index (χ4v) is 3.15. The van der Waals surface area contributed by atoms with Crippen LogP contribution in [0, 0.1) is 5.92 Å². The lowest BCUT2D eigenvalue weighted by molar-refractivity contribution is -0.144. The van der Waals surface area contributed by atoms with Crippen molar-refractivity contribution >= 4 is 11.8 Å². The highest BCUT2D eigenvalue weighted by atomic mass is 16.5. The first-order valence-corrected chi connectivity index (χ1v) is 7.86. The summed E-state index contributed by atoms with van der Waals surface area (Å²) in [4.78, 5) is 22.8. The summed E-state index contributed by atoms with van der Waals surface area (Å²) in [6.45, 7) is 3.91. The first-order valence-electron chi connectivity index (χ1n) is 7.86. The average Bonchev–Trinajstić information content (AvgIpc) is 2.48. The van der Waals surface area contributed by atoms with Crippen LogP contribution in [0.1, 0.15) is 67.8 Å². The van der Waals surface area contributed by atoms with Gasteiger partial charge in [-0.25, -0.2) is 0 Å². The molecule has 3 nitrogen and oxygen atoms in total. The summed E-state index contributed by atoms with van der Waals surface area (Å²) in [5.41, 5.74) is 2.09. The molecule has 114 valence electrons. The standard InChI is InChI=1S/C18H24O3/c1-3-21-18(20)12-14-4-6-16(7-5-14)17-10-8-15(9-11-17)13(2)19/h8-11,14,16H,3-7,12H2,1-2H3. The molecule has 0 saturated heterocycles. The lowest BCUT2D eigenvalue weighted by Gasteiger charge is -2.28. The van der Waals surface area contributed by atoms with Crippen LogP contribution in [0.15, 0.2) is 24.3 Å². The lowest BCUT2D eigenvalue weighted by atomic mass is 9.77. The number of hydrogen-bond donors (Lipinski definition) is 0. The maximum absolute atomic E-state index is 11.5. The third-order valence-electron chi connectivity index (χ3n) is 4.40. The molecule has 1 aliphatic carbocycles. The van der Waals surface area contributed by atoms with Gasteiger partial charge >= 0.3 is 5.97 Å². The van der Waals surface area contributed by atoms with Gasteiger partial charge in [-0.3, -0.25) is 9.59 Å². The Balaban J connectivity index is 1.86. The molecule has 1 aromatic rings. The molecule has 0 N–H and O–H groups in total. The van der Waals surface area contributed by atoms with Crippen LogP contribution in [-0.2, 0) is 9.53 Å². The number of ether oxygens (including phenoxy) is 1. The van der Waals surface area contributed by atoms with Crippen molar-refractivity contribution in [2.75, 3.05) is 6.61 Å². The maximum atomic E-state index is 11.5. The van der Waals surface area contributed by atoms with E-state index in [1.165, 1.54) is 5.56 Å². The van der Waals surface area contributed by atoms with Gasteiger partial charge in [0, 0.05) is 12.0 Å². The van der Waals surface area contributed by atoms with Gasteiger partial charge in [-0.1, -0.05) is 24.3 Å². The Hall–Kier alpha value is -1.64. The van der Waals surface area contributed by atoms with E-state index in [1.807, 2.05) is 19.1 Å². The summed E-state index contributed by atoms with van der Waals surface area (Å²) in [5, 5.41) is 0. The van der Waals surface area contributed by atoms with Crippen LogP contribution in [0.2, 0.25) is 0 Å². The van der Waals surface area contributed by atoms with Crippen LogP contribution >= 0.6 is 0 Å². The summed E-state index contributed by atoms with van der Waals surface area (Å²) >= 11 is 0. The number of benzene rings is 1. The van der Waals surface area contributed by atoms with Crippen LogP contribution in [0.4, 0.5) is 0 Å². The molecule has 1 aliphatic rings. The van der Waals surface area contributed by atoms with Crippen molar-refractivity contribution in [3.8, 4) is 0 Å². The Bertz CT molecular complexity index is 482. The Morgan fingerprint density at radius 1 is 1.10 bits per heavy atom. The van der Waals surface area contributed by atoms with Gasteiger partial charge in [0.15, 0.2) is 5.78 Å². The van der Waals surface area contributed by atoms with E-state index in [0.717, 1.165) is 31.2 Å². The molecular weight excluding hydrogens is 264 g/mol. The Morgan fingerprint density at radius 2 is 1.71 bits per heavy atom. The summed E-state index contributed by atoms with van der Waals surface area (Å²) in [7, 11) is 0. The molecule has 0 heterocycles. The van der Waals surface area contributed by atoms with E-state index in [9.17, 15) is 9.59 Å². The van der Waals surface area contributed by atoms with Crippen LogP contribution in [0.5, 0.6) is 0 Å². The van der Waals surface area contributed by atoms with E-state index in [2.05, 4.69) is 12.1 Å². The van der Waals surface area contributed by atoms with Gasteiger partial charge < -0.3 is 4.74 Å². The first kappa shape index (κ1) is 15.7. The average molecular weight is 288 g/mol. The molecule has 1 fully saturated rings. The van der Waals surface area contributed by atoms with Crippen molar-refractivity contribution < 1.29 is 14.3 Å². The molecule has 0 radical (unpaired) electrons. The Labute approximate surface area is 126 Å². The van der Waals surface area contributed by atoms with Gasteiger partial charge in [-0.15, -0.1) is 0 Å². The summed E-state index contributed by atoms with van der Waals surface area (Å²) < 4.78 is 5.02. The predicted molar refractivity (Wildman–Crippen MR) is 82.4 cm³/mol. The second kappa shape index (κ2) is 7.39. The van der Waals surface area contributed by atoms with Gasteiger partial charge in [0.05, 0.1) is 6.61 Å². The molecule has 0 bridgehead atoms. The van der Waals surface area contributed by atoms with Gasteiger partial charge in [-0.05, 0) is 56.9 Å².